The van der Waals surface area contributed by atoms with Crippen molar-refractivity contribution in [3.8, 4) is 5.75 Å². The van der Waals surface area contributed by atoms with Crippen LogP contribution in [0.4, 0.5) is 10.3 Å². The predicted octanol–water partition coefficient (Wildman–Crippen LogP) is 5.69. The maximum atomic E-state index is 14.1. The zero-order valence-corrected chi connectivity index (χ0v) is 17.0. The van der Waals surface area contributed by atoms with E-state index in [0.29, 0.717) is 16.7 Å². The number of benzene rings is 2. The van der Waals surface area contributed by atoms with E-state index >= 15 is 0 Å². The molecule has 1 N–H and O–H groups in total. The Morgan fingerprint density at radius 3 is 2.90 bits per heavy atom. The fraction of sp³-hybridized carbons (Fsp3) is 0.0909. The minimum atomic E-state index is -0.499. The van der Waals surface area contributed by atoms with E-state index in [1.165, 1.54) is 18.5 Å². The van der Waals surface area contributed by atoms with Crippen LogP contribution in [-0.2, 0) is 0 Å². The lowest BCUT2D eigenvalue weighted by Crippen LogP contribution is -2.32. The van der Waals surface area contributed by atoms with Crippen molar-refractivity contribution in [2.24, 2.45) is 0 Å². The lowest BCUT2D eigenvalue weighted by molar-refractivity contribution is 0.223. The number of ether oxygens (including phenoxy) is 1. The second-order valence-corrected chi connectivity index (χ2v) is 8.51. The Hall–Kier alpha value is -3.16. The zero-order chi connectivity index (χ0) is 20.2. The number of rotatable bonds is 2. The van der Waals surface area contributed by atoms with E-state index in [2.05, 4.69) is 21.5 Å². The van der Waals surface area contributed by atoms with Gasteiger partial charge in [0.1, 0.15) is 30.0 Å². The summed E-state index contributed by atoms with van der Waals surface area (Å²) >= 11 is 7.94. The van der Waals surface area contributed by atoms with Gasteiger partial charge in [-0.25, -0.2) is 9.07 Å². The number of fused-ring (bicyclic) bond motifs is 3. The maximum Gasteiger partial charge on any atom is 0.226 e. The minimum absolute atomic E-state index is 0.237. The number of aromatic nitrogens is 3. The number of hydrogen-bond acceptors (Lipinski definition) is 5. The third kappa shape index (κ3) is 2.66. The molecule has 2 atom stereocenters. The topological polar surface area (TPSA) is 52.0 Å². The standard InChI is InChI=1S/C22H14ClFN4OS/c23-13-6-7-16-15(10-13)19-18(21(29-16)12-3-1-4-14(24)9-12)20(17-5-2-8-30-17)28-22(27-19)25-11-26-28/h1-11,20-21H,(H,25,26,27)/t20-,21+/m0/s1. The highest BCUT2D eigenvalue weighted by molar-refractivity contribution is 7.10. The molecule has 2 aliphatic heterocycles. The molecule has 0 bridgehead atoms. The van der Waals surface area contributed by atoms with Crippen molar-refractivity contribution < 1.29 is 9.13 Å². The summed E-state index contributed by atoms with van der Waals surface area (Å²) in [4.78, 5) is 5.48. The third-order valence-electron chi connectivity index (χ3n) is 5.34. The molecule has 0 spiro atoms. The van der Waals surface area contributed by atoms with Crippen LogP contribution in [0.25, 0.3) is 5.70 Å². The smallest absolute Gasteiger partial charge is 0.226 e. The highest BCUT2D eigenvalue weighted by atomic mass is 35.5. The molecule has 2 aromatic heterocycles. The Balaban J connectivity index is 1.65. The third-order valence-corrected chi connectivity index (χ3v) is 6.50. The van der Waals surface area contributed by atoms with Crippen LogP contribution in [0, 0.1) is 5.82 Å². The Kier molecular flexibility index (Phi) is 3.94. The van der Waals surface area contributed by atoms with Gasteiger partial charge in [0.25, 0.3) is 0 Å². The molecule has 4 heterocycles. The number of nitrogens with zero attached hydrogens (tertiary/aromatic N) is 3. The van der Waals surface area contributed by atoms with Gasteiger partial charge in [-0.15, -0.1) is 11.3 Å². The SMILES string of the molecule is Fc1cccc([C@H]2Oc3ccc(Cl)cc3C3=C2[C@H](c2cccs2)n2ncnc2N3)c1. The molecule has 0 aliphatic carbocycles. The summed E-state index contributed by atoms with van der Waals surface area (Å²) in [5.41, 5.74) is 3.39. The van der Waals surface area contributed by atoms with Gasteiger partial charge in [0.05, 0.1) is 5.70 Å². The van der Waals surface area contributed by atoms with Gasteiger partial charge < -0.3 is 10.1 Å². The molecule has 6 rings (SSSR count). The Morgan fingerprint density at radius 1 is 1.13 bits per heavy atom. The Labute approximate surface area is 180 Å². The monoisotopic (exact) mass is 436 g/mol. The van der Waals surface area contributed by atoms with Gasteiger partial charge in [0.15, 0.2) is 0 Å². The number of nitrogens with one attached hydrogen (secondary N) is 1. The average Bonchev–Trinajstić information content (AvgIpc) is 3.44. The van der Waals surface area contributed by atoms with E-state index in [0.717, 1.165) is 27.3 Å². The molecule has 2 aromatic carbocycles. The number of thiophene rings is 1. The molecule has 0 fully saturated rings. The fourth-order valence-corrected chi connectivity index (χ4v) is 5.11. The fourth-order valence-electron chi connectivity index (χ4n) is 4.11. The van der Waals surface area contributed by atoms with Crippen LogP contribution in [-0.4, -0.2) is 14.8 Å². The first-order valence-corrected chi connectivity index (χ1v) is 10.6. The van der Waals surface area contributed by atoms with E-state index < -0.39 is 6.10 Å². The Morgan fingerprint density at radius 2 is 2.07 bits per heavy atom. The van der Waals surface area contributed by atoms with Gasteiger partial charge in [-0.1, -0.05) is 29.8 Å². The number of halogens is 2. The first kappa shape index (κ1) is 17.7. The van der Waals surface area contributed by atoms with Crippen molar-refractivity contribution in [2.45, 2.75) is 12.1 Å². The van der Waals surface area contributed by atoms with Gasteiger partial charge in [0, 0.05) is 21.0 Å². The lowest BCUT2D eigenvalue weighted by atomic mass is 9.87. The summed E-state index contributed by atoms with van der Waals surface area (Å²) in [6.07, 6.45) is 1.03. The molecule has 0 saturated carbocycles. The molecule has 0 saturated heterocycles. The predicted molar refractivity (Wildman–Crippen MR) is 114 cm³/mol. The quantitative estimate of drug-likeness (QED) is 0.438. The second-order valence-electron chi connectivity index (χ2n) is 7.09. The van der Waals surface area contributed by atoms with Crippen LogP contribution >= 0.6 is 22.9 Å². The molecule has 30 heavy (non-hydrogen) atoms. The van der Waals surface area contributed by atoms with Gasteiger partial charge in [0.2, 0.25) is 5.95 Å². The summed E-state index contributed by atoms with van der Waals surface area (Å²) in [5, 5.41) is 10.5. The molecule has 8 heteroatoms. The van der Waals surface area contributed by atoms with E-state index in [1.54, 1.807) is 23.5 Å². The number of anilines is 1. The van der Waals surface area contributed by atoms with Crippen LogP contribution in [0.3, 0.4) is 0 Å². The van der Waals surface area contributed by atoms with Crippen molar-refractivity contribution >= 4 is 34.6 Å². The molecular formula is C22H14ClFN4OS. The van der Waals surface area contributed by atoms with Gasteiger partial charge in [-0.3, -0.25) is 0 Å². The van der Waals surface area contributed by atoms with E-state index in [1.807, 2.05) is 34.3 Å². The Bertz CT molecular complexity index is 1300. The normalized spacial score (nSPS) is 19.4. The van der Waals surface area contributed by atoms with Gasteiger partial charge in [-0.2, -0.15) is 10.1 Å². The van der Waals surface area contributed by atoms with E-state index in [4.69, 9.17) is 16.3 Å². The van der Waals surface area contributed by atoms with Crippen LogP contribution in [0.5, 0.6) is 5.75 Å². The largest absolute Gasteiger partial charge is 0.480 e. The minimum Gasteiger partial charge on any atom is -0.480 e. The second kappa shape index (κ2) is 6.68. The highest BCUT2D eigenvalue weighted by Gasteiger charge is 2.41. The average molecular weight is 437 g/mol. The molecule has 0 unspecified atom stereocenters. The summed E-state index contributed by atoms with van der Waals surface area (Å²) in [6.45, 7) is 0. The van der Waals surface area contributed by atoms with Crippen molar-refractivity contribution in [3.05, 3.63) is 98.7 Å². The van der Waals surface area contributed by atoms with Crippen molar-refractivity contribution in [1.29, 1.82) is 0 Å². The van der Waals surface area contributed by atoms with Crippen molar-refractivity contribution in [1.82, 2.24) is 14.8 Å². The first-order chi connectivity index (χ1) is 14.7. The lowest BCUT2D eigenvalue weighted by Gasteiger charge is -2.38. The van der Waals surface area contributed by atoms with E-state index in [-0.39, 0.29) is 11.9 Å². The molecular weight excluding hydrogens is 423 g/mol. The molecule has 2 aliphatic rings. The van der Waals surface area contributed by atoms with Crippen LogP contribution in [0.2, 0.25) is 5.02 Å². The maximum absolute atomic E-state index is 14.1. The molecule has 5 nitrogen and oxygen atoms in total. The molecule has 148 valence electrons. The van der Waals surface area contributed by atoms with Crippen molar-refractivity contribution in [2.75, 3.05) is 5.32 Å². The summed E-state index contributed by atoms with van der Waals surface area (Å²) in [6, 6.07) is 15.9. The summed E-state index contributed by atoms with van der Waals surface area (Å²) < 4.78 is 22.4. The molecule has 0 radical (unpaired) electrons. The molecule has 4 aromatic rings. The molecule has 0 amide bonds. The van der Waals surface area contributed by atoms with E-state index in [9.17, 15) is 4.39 Å². The van der Waals surface area contributed by atoms with Gasteiger partial charge >= 0.3 is 0 Å². The van der Waals surface area contributed by atoms with Crippen molar-refractivity contribution in [3.63, 3.8) is 0 Å². The van der Waals surface area contributed by atoms with Crippen LogP contribution in [0.1, 0.15) is 28.1 Å². The number of hydrogen-bond donors (Lipinski definition) is 1. The van der Waals surface area contributed by atoms with Crippen LogP contribution < -0.4 is 10.1 Å². The van der Waals surface area contributed by atoms with Gasteiger partial charge in [-0.05, 0) is 47.3 Å². The van der Waals surface area contributed by atoms with Crippen LogP contribution in [0.15, 0.2) is 71.9 Å². The first-order valence-electron chi connectivity index (χ1n) is 9.35. The highest BCUT2D eigenvalue weighted by Crippen LogP contribution is 2.51. The summed E-state index contributed by atoms with van der Waals surface area (Å²) in [7, 11) is 0. The summed E-state index contributed by atoms with van der Waals surface area (Å²) in [5.74, 6) is 1.01. The zero-order valence-electron chi connectivity index (χ0n) is 15.4.